The van der Waals surface area contributed by atoms with E-state index in [4.69, 9.17) is 9.47 Å². The maximum Gasteiger partial charge on any atom is 0.335 e. The lowest BCUT2D eigenvalue weighted by Crippen LogP contribution is -2.32. The van der Waals surface area contributed by atoms with Gasteiger partial charge < -0.3 is 14.6 Å². The predicted molar refractivity (Wildman–Crippen MR) is 126 cm³/mol. The van der Waals surface area contributed by atoms with Gasteiger partial charge in [0.2, 0.25) is 0 Å². The third-order valence-corrected chi connectivity index (χ3v) is 6.39. The number of aliphatic hydroxyl groups is 1. The second kappa shape index (κ2) is 12.0. The largest absolute Gasteiger partial charge is 0.462 e. The Bertz CT molecular complexity index is 999. The fourth-order valence-electron chi connectivity index (χ4n) is 3.00. The third kappa shape index (κ3) is 9.75. The van der Waals surface area contributed by atoms with Crippen molar-refractivity contribution >= 4 is 21.8 Å². The minimum absolute atomic E-state index is 0.00904. The van der Waals surface area contributed by atoms with Crippen LogP contribution in [-0.4, -0.2) is 49.7 Å². The Morgan fingerprint density at radius 2 is 1.85 bits per heavy atom. The van der Waals surface area contributed by atoms with Crippen molar-refractivity contribution in [1.29, 1.82) is 0 Å². The molecule has 0 radical (unpaired) electrons. The van der Waals surface area contributed by atoms with Gasteiger partial charge in [0.25, 0.3) is 0 Å². The quantitative estimate of drug-likeness (QED) is 0.408. The van der Waals surface area contributed by atoms with Crippen LogP contribution in [0.4, 0.5) is 0 Å². The maximum absolute atomic E-state index is 12.8. The molecule has 0 spiro atoms. The van der Waals surface area contributed by atoms with E-state index in [0.29, 0.717) is 6.42 Å². The number of ether oxygens (including phenoxy) is 2. The van der Waals surface area contributed by atoms with Gasteiger partial charge in [-0.15, -0.1) is 0 Å². The molecule has 2 unspecified atom stereocenters. The van der Waals surface area contributed by atoms with E-state index in [-0.39, 0.29) is 18.1 Å². The van der Waals surface area contributed by atoms with E-state index in [9.17, 15) is 23.1 Å². The highest BCUT2D eigenvalue weighted by Crippen LogP contribution is 2.19. The van der Waals surface area contributed by atoms with E-state index in [1.807, 2.05) is 42.5 Å². The van der Waals surface area contributed by atoms with Crippen LogP contribution in [0.3, 0.4) is 0 Å². The Morgan fingerprint density at radius 3 is 2.45 bits per heavy atom. The first kappa shape index (κ1) is 26.5. The Kier molecular flexibility index (Phi) is 9.61. The van der Waals surface area contributed by atoms with Crippen molar-refractivity contribution in [3.63, 3.8) is 0 Å². The fourth-order valence-corrected chi connectivity index (χ4v) is 4.49. The van der Waals surface area contributed by atoms with E-state index < -0.39 is 51.4 Å². The van der Waals surface area contributed by atoms with Gasteiger partial charge in [-0.25, -0.2) is 13.2 Å². The topological polar surface area (TPSA) is 107 Å². The SMILES string of the molecule is CC(C)(C)C(=O)OCC(O)CS(=O)(=O)CC(=CC1C=CC=CC1)C(=O)OCc1ccccc1. The number of sulfone groups is 1. The average molecular weight is 477 g/mol. The van der Waals surface area contributed by atoms with Crippen molar-refractivity contribution < 1.29 is 32.6 Å². The van der Waals surface area contributed by atoms with Crippen LogP contribution < -0.4 is 0 Å². The average Bonchev–Trinajstić information content (AvgIpc) is 2.75. The van der Waals surface area contributed by atoms with Crippen molar-refractivity contribution in [1.82, 2.24) is 0 Å². The van der Waals surface area contributed by atoms with E-state index in [2.05, 4.69) is 0 Å². The minimum Gasteiger partial charge on any atom is -0.462 e. The molecule has 7 nitrogen and oxygen atoms in total. The molecule has 33 heavy (non-hydrogen) atoms. The van der Waals surface area contributed by atoms with Gasteiger partial charge in [-0.1, -0.05) is 60.7 Å². The number of esters is 2. The van der Waals surface area contributed by atoms with Crippen LogP contribution in [0, 0.1) is 11.3 Å². The van der Waals surface area contributed by atoms with Crippen LogP contribution >= 0.6 is 0 Å². The molecule has 0 heterocycles. The van der Waals surface area contributed by atoms with Crippen molar-refractivity contribution in [2.45, 2.75) is 39.9 Å². The van der Waals surface area contributed by atoms with Crippen LogP contribution in [-0.2, 0) is 35.5 Å². The third-order valence-electron chi connectivity index (χ3n) is 4.74. The maximum atomic E-state index is 12.8. The summed E-state index contributed by atoms with van der Waals surface area (Å²) < 4.78 is 35.8. The zero-order chi connectivity index (χ0) is 24.5. The molecule has 8 heteroatoms. The van der Waals surface area contributed by atoms with E-state index in [0.717, 1.165) is 5.56 Å². The zero-order valence-electron chi connectivity index (χ0n) is 19.3. The van der Waals surface area contributed by atoms with Gasteiger partial charge in [-0.3, -0.25) is 4.79 Å². The molecule has 0 saturated carbocycles. The molecular weight excluding hydrogens is 444 g/mol. The van der Waals surface area contributed by atoms with Gasteiger partial charge in [-0.2, -0.15) is 0 Å². The Labute approximate surface area is 195 Å². The molecule has 0 fully saturated rings. The summed E-state index contributed by atoms with van der Waals surface area (Å²) in [5.74, 6) is -2.63. The molecule has 0 bridgehead atoms. The van der Waals surface area contributed by atoms with E-state index in [1.165, 1.54) is 0 Å². The molecule has 1 aliphatic carbocycles. The highest BCUT2D eigenvalue weighted by atomic mass is 32.2. The molecule has 1 N–H and O–H groups in total. The summed E-state index contributed by atoms with van der Waals surface area (Å²) in [5, 5.41) is 10.1. The number of carbonyl (C=O) groups is 2. The van der Waals surface area contributed by atoms with Crippen LogP contribution in [0.5, 0.6) is 0 Å². The number of hydrogen-bond acceptors (Lipinski definition) is 7. The molecule has 2 rings (SSSR count). The summed E-state index contributed by atoms with van der Waals surface area (Å²) in [6.45, 7) is 4.55. The first-order valence-electron chi connectivity index (χ1n) is 10.8. The predicted octanol–water partition coefficient (Wildman–Crippen LogP) is 3.15. The fraction of sp³-hybridized carbons (Fsp3) is 0.440. The molecule has 0 saturated heterocycles. The summed E-state index contributed by atoms with van der Waals surface area (Å²) in [5.41, 5.74) is 0.0262. The van der Waals surface area contributed by atoms with E-state index >= 15 is 0 Å². The molecule has 0 aliphatic heterocycles. The summed E-state index contributed by atoms with van der Waals surface area (Å²) in [6, 6.07) is 9.08. The molecule has 0 amide bonds. The monoisotopic (exact) mass is 476 g/mol. The van der Waals surface area contributed by atoms with Gasteiger partial charge in [0.15, 0.2) is 9.84 Å². The van der Waals surface area contributed by atoms with Crippen LogP contribution in [0.1, 0.15) is 32.8 Å². The van der Waals surface area contributed by atoms with Gasteiger partial charge in [0.05, 0.1) is 16.9 Å². The minimum atomic E-state index is -3.89. The van der Waals surface area contributed by atoms with Gasteiger partial charge >= 0.3 is 11.9 Å². The van der Waals surface area contributed by atoms with Crippen LogP contribution in [0.2, 0.25) is 0 Å². The molecule has 1 aliphatic rings. The summed E-state index contributed by atoms with van der Waals surface area (Å²) in [6.07, 6.45) is 8.34. The van der Waals surface area contributed by atoms with Gasteiger partial charge in [0, 0.05) is 5.57 Å². The molecule has 1 aromatic carbocycles. The standard InChI is InChI=1S/C25H32O7S/c1-25(2,3)24(28)32-16-22(26)18-33(29,30)17-21(14-19-10-6-4-7-11-19)23(27)31-15-20-12-8-5-9-13-20/h4-10,12-14,19,22,26H,11,15-18H2,1-3H3. The van der Waals surface area contributed by atoms with Crippen molar-refractivity contribution in [2.75, 3.05) is 18.1 Å². The normalized spacial score (nSPS) is 17.5. The number of benzene rings is 1. The smallest absolute Gasteiger partial charge is 0.335 e. The summed E-state index contributed by atoms with van der Waals surface area (Å²) >= 11 is 0. The summed E-state index contributed by atoms with van der Waals surface area (Å²) in [4.78, 5) is 24.6. The van der Waals surface area contributed by atoms with Crippen molar-refractivity contribution in [3.8, 4) is 0 Å². The second-order valence-corrected chi connectivity index (χ2v) is 11.1. The van der Waals surface area contributed by atoms with Gasteiger partial charge in [0.1, 0.15) is 19.3 Å². The number of rotatable bonds is 10. The molecule has 180 valence electrons. The highest BCUT2D eigenvalue weighted by molar-refractivity contribution is 7.91. The number of carbonyl (C=O) groups excluding carboxylic acids is 2. The summed E-state index contributed by atoms with van der Waals surface area (Å²) in [7, 11) is -3.89. The first-order valence-corrected chi connectivity index (χ1v) is 12.6. The Hall–Kier alpha value is -2.71. The molecule has 2 atom stereocenters. The lowest BCUT2D eigenvalue weighted by Gasteiger charge is -2.19. The lowest BCUT2D eigenvalue weighted by atomic mass is 9.97. The Balaban J connectivity index is 2.06. The zero-order valence-corrected chi connectivity index (χ0v) is 20.1. The molecular formula is C25H32O7S. The van der Waals surface area contributed by atoms with Crippen LogP contribution in [0.25, 0.3) is 0 Å². The van der Waals surface area contributed by atoms with Crippen LogP contribution in [0.15, 0.2) is 66.3 Å². The number of hydrogen-bond donors (Lipinski definition) is 1. The first-order chi connectivity index (χ1) is 15.5. The lowest BCUT2D eigenvalue weighted by molar-refractivity contribution is -0.155. The Morgan fingerprint density at radius 1 is 1.15 bits per heavy atom. The van der Waals surface area contributed by atoms with Crippen molar-refractivity contribution in [2.24, 2.45) is 11.3 Å². The van der Waals surface area contributed by atoms with Crippen molar-refractivity contribution in [3.05, 3.63) is 71.8 Å². The molecule has 0 aromatic heterocycles. The number of aliphatic hydroxyl groups excluding tert-OH is 1. The second-order valence-electron chi connectivity index (χ2n) is 9.02. The van der Waals surface area contributed by atoms with Gasteiger partial charge in [-0.05, 0) is 38.7 Å². The molecule has 1 aromatic rings. The van der Waals surface area contributed by atoms with E-state index in [1.54, 1.807) is 39.0 Å². The highest BCUT2D eigenvalue weighted by Gasteiger charge is 2.27. The number of allylic oxidation sites excluding steroid dienone is 5.